The van der Waals surface area contributed by atoms with Crippen molar-refractivity contribution in [2.45, 2.75) is 0 Å². The van der Waals surface area contributed by atoms with Crippen molar-refractivity contribution in [2.75, 3.05) is 0 Å². The molecule has 0 aliphatic rings. The number of nitrogens with zero attached hydrogens (tertiary/aromatic N) is 4. The van der Waals surface area contributed by atoms with E-state index >= 15 is 0 Å². The number of nitro groups is 1. The number of non-ortho nitro benzene ring substituents is 1. The van der Waals surface area contributed by atoms with Crippen LogP contribution in [0.5, 0.6) is 11.6 Å². The van der Waals surface area contributed by atoms with Crippen LogP contribution >= 0.6 is 31.9 Å². The Morgan fingerprint density at radius 3 is 2.55 bits per heavy atom. The van der Waals surface area contributed by atoms with Crippen LogP contribution in [0.3, 0.4) is 0 Å². The van der Waals surface area contributed by atoms with Crippen LogP contribution in [0.15, 0.2) is 33.3 Å². The van der Waals surface area contributed by atoms with Crippen molar-refractivity contribution in [3.8, 4) is 17.7 Å². The molecular formula is C11H4Br2N4O3. The molecule has 20 heavy (non-hydrogen) atoms. The fraction of sp³-hybridized carbons (Fsp3) is 0. The van der Waals surface area contributed by atoms with Crippen molar-refractivity contribution >= 4 is 37.5 Å². The van der Waals surface area contributed by atoms with Crippen molar-refractivity contribution < 1.29 is 9.66 Å². The molecule has 1 aromatic carbocycles. The van der Waals surface area contributed by atoms with E-state index in [0.717, 1.165) is 0 Å². The van der Waals surface area contributed by atoms with E-state index in [2.05, 4.69) is 42.1 Å². The fourth-order valence-electron chi connectivity index (χ4n) is 1.33. The van der Waals surface area contributed by atoms with E-state index in [9.17, 15) is 10.1 Å². The molecule has 0 fully saturated rings. The third kappa shape index (κ3) is 2.92. The van der Waals surface area contributed by atoms with Crippen LogP contribution in [0.1, 0.15) is 5.56 Å². The number of benzene rings is 1. The monoisotopic (exact) mass is 398 g/mol. The molecule has 1 heterocycles. The second-order valence-corrected chi connectivity index (χ2v) is 5.17. The summed E-state index contributed by atoms with van der Waals surface area (Å²) in [6, 6.07) is 5.96. The summed E-state index contributed by atoms with van der Waals surface area (Å²) in [4.78, 5) is 10.2. The quantitative estimate of drug-likeness (QED) is 0.577. The molecule has 2 rings (SSSR count). The van der Waals surface area contributed by atoms with E-state index < -0.39 is 4.92 Å². The summed E-state index contributed by atoms with van der Waals surface area (Å²) >= 11 is 6.36. The molecule has 0 N–H and O–H groups in total. The Bertz CT molecular complexity index is 707. The molecule has 2 aromatic rings. The van der Waals surface area contributed by atoms with Crippen LogP contribution in [0.2, 0.25) is 0 Å². The van der Waals surface area contributed by atoms with E-state index in [1.54, 1.807) is 0 Å². The maximum atomic E-state index is 10.7. The minimum Gasteiger partial charge on any atom is -0.434 e. The summed E-state index contributed by atoms with van der Waals surface area (Å²) in [6.45, 7) is 0. The van der Waals surface area contributed by atoms with E-state index in [1.807, 2.05) is 6.07 Å². The number of nitriles is 1. The Morgan fingerprint density at radius 2 is 2.00 bits per heavy atom. The normalized spacial score (nSPS) is 9.85. The lowest BCUT2D eigenvalue weighted by molar-refractivity contribution is -0.385. The third-order valence-corrected chi connectivity index (χ3v) is 3.38. The summed E-state index contributed by atoms with van der Waals surface area (Å²) in [7, 11) is 0. The minimum absolute atomic E-state index is 0.0188. The second-order valence-electron chi connectivity index (χ2n) is 3.46. The van der Waals surface area contributed by atoms with Gasteiger partial charge in [0, 0.05) is 12.1 Å². The summed E-state index contributed by atoms with van der Waals surface area (Å²) in [5, 5.41) is 27.0. The molecule has 0 unspecified atom stereocenters. The molecule has 0 bridgehead atoms. The Labute approximate surface area is 129 Å². The highest BCUT2D eigenvalue weighted by molar-refractivity contribution is 9.11. The lowest BCUT2D eigenvalue weighted by atomic mass is 10.3. The summed E-state index contributed by atoms with van der Waals surface area (Å²) < 4.78 is 6.19. The molecule has 7 nitrogen and oxygen atoms in total. The molecule has 0 spiro atoms. The van der Waals surface area contributed by atoms with Crippen molar-refractivity contribution in [3.63, 3.8) is 0 Å². The van der Waals surface area contributed by atoms with Crippen LogP contribution < -0.4 is 4.74 Å². The number of hydrogen-bond donors (Lipinski definition) is 0. The first-order valence-corrected chi connectivity index (χ1v) is 6.64. The molecule has 0 atom stereocenters. The molecule has 100 valence electrons. The van der Waals surface area contributed by atoms with Gasteiger partial charge in [-0.3, -0.25) is 10.1 Å². The van der Waals surface area contributed by atoms with Crippen LogP contribution in [0, 0.1) is 21.4 Å². The number of aromatic nitrogens is 2. The van der Waals surface area contributed by atoms with Gasteiger partial charge in [0.25, 0.3) is 11.6 Å². The molecule has 0 amide bonds. The maximum absolute atomic E-state index is 10.7. The Balaban J connectivity index is 2.45. The summed E-state index contributed by atoms with van der Waals surface area (Å²) in [5.41, 5.74) is 0.105. The van der Waals surface area contributed by atoms with Gasteiger partial charge in [0.05, 0.1) is 20.1 Å². The smallest absolute Gasteiger partial charge is 0.271 e. The van der Waals surface area contributed by atoms with E-state index in [0.29, 0.717) is 8.95 Å². The first kappa shape index (κ1) is 14.4. The largest absolute Gasteiger partial charge is 0.434 e. The number of halogens is 2. The van der Waals surface area contributed by atoms with Gasteiger partial charge in [0.15, 0.2) is 5.75 Å². The van der Waals surface area contributed by atoms with Crippen molar-refractivity contribution in [2.24, 2.45) is 0 Å². The van der Waals surface area contributed by atoms with E-state index in [-0.39, 0.29) is 22.9 Å². The van der Waals surface area contributed by atoms with Gasteiger partial charge >= 0.3 is 0 Å². The number of nitro benzene ring substituents is 1. The number of rotatable bonds is 3. The van der Waals surface area contributed by atoms with Gasteiger partial charge in [0.2, 0.25) is 0 Å². The fourth-order valence-corrected chi connectivity index (χ4v) is 2.65. The molecule has 0 aliphatic heterocycles. The third-order valence-electron chi connectivity index (χ3n) is 2.20. The molecule has 1 aromatic heterocycles. The highest BCUT2D eigenvalue weighted by Gasteiger charge is 2.17. The Kier molecular flexibility index (Phi) is 4.26. The lowest BCUT2D eigenvalue weighted by Gasteiger charge is -2.09. The zero-order valence-electron chi connectivity index (χ0n) is 9.58. The Hall–Kier alpha value is -2.05. The van der Waals surface area contributed by atoms with E-state index in [1.165, 1.54) is 24.4 Å². The average Bonchev–Trinajstić information content (AvgIpc) is 2.42. The lowest BCUT2D eigenvalue weighted by Crippen LogP contribution is -1.96. The van der Waals surface area contributed by atoms with Gasteiger partial charge in [-0.25, -0.2) is 0 Å². The average molecular weight is 400 g/mol. The highest BCUT2D eigenvalue weighted by atomic mass is 79.9. The second kappa shape index (κ2) is 5.94. The van der Waals surface area contributed by atoms with Gasteiger partial charge in [-0.15, -0.1) is 5.10 Å². The predicted molar refractivity (Wildman–Crippen MR) is 75.3 cm³/mol. The summed E-state index contributed by atoms with van der Waals surface area (Å²) in [5.74, 6) is 0.290. The van der Waals surface area contributed by atoms with Crippen molar-refractivity contribution in [1.82, 2.24) is 10.2 Å². The zero-order valence-corrected chi connectivity index (χ0v) is 12.8. The van der Waals surface area contributed by atoms with Crippen molar-refractivity contribution in [3.05, 3.63) is 49.0 Å². The zero-order chi connectivity index (χ0) is 14.7. The van der Waals surface area contributed by atoms with Gasteiger partial charge in [-0.1, -0.05) is 0 Å². The van der Waals surface area contributed by atoms with Gasteiger partial charge < -0.3 is 4.74 Å². The van der Waals surface area contributed by atoms with Crippen molar-refractivity contribution in [1.29, 1.82) is 5.26 Å². The van der Waals surface area contributed by atoms with Gasteiger partial charge in [-0.05, 0) is 37.9 Å². The Morgan fingerprint density at radius 1 is 1.35 bits per heavy atom. The van der Waals surface area contributed by atoms with Crippen LogP contribution in [-0.4, -0.2) is 15.1 Å². The molecule has 0 radical (unpaired) electrons. The topological polar surface area (TPSA) is 102 Å². The highest BCUT2D eigenvalue weighted by Crippen LogP contribution is 2.39. The minimum atomic E-state index is -0.525. The molecule has 0 saturated heterocycles. The standard InChI is InChI=1S/C11H4Br2N4O3/c12-8-3-7(17(18)19)4-9(13)10(8)20-11-6(5-14)1-2-15-16-11/h1-4H. The van der Waals surface area contributed by atoms with Crippen LogP contribution in [-0.2, 0) is 0 Å². The molecular weight excluding hydrogens is 396 g/mol. The van der Waals surface area contributed by atoms with Crippen LogP contribution in [0.25, 0.3) is 0 Å². The first-order valence-electron chi connectivity index (χ1n) is 5.06. The molecule has 0 aliphatic carbocycles. The predicted octanol–water partition coefficient (Wildman–Crippen LogP) is 3.57. The molecule has 0 saturated carbocycles. The van der Waals surface area contributed by atoms with Gasteiger partial charge in [0.1, 0.15) is 11.6 Å². The van der Waals surface area contributed by atoms with Gasteiger partial charge in [-0.2, -0.15) is 10.4 Å². The van der Waals surface area contributed by atoms with E-state index in [4.69, 9.17) is 10.00 Å². The number of ether oxygens (including phenoxy) is 1. The maximum Gasteiger partial charge on any atom is 0.271 e. The summed E-state index contributed by atoms with van der Waals surface area (Å²) in [6.07, 6.45) is 1.37. The first-order chi connectivity index (χ1) is 9.52. The number of hydrogen-bond acceptors (Lipinski definition) is 6. The SMILES string of the molecule is N#Cc1ccnnc1Oc1c(Br)cc([N+](=O)[O-])cc1Br. The molecule has 9 heteroatoms. The van der Waals surface area contributed by atoms with Crippen LogP contribution in [0.4, 0.5) is 5.69 Å².